The fourth-order valence-electron chi connectivity index (χ4n) is 1.95. The Hall–Kier alpha value is -2.26. The van der Waals surface area contributed by atoms with Crippen molar-refractivity contribution in [3.05, 3.63) is 12.5 Å². The largest absolute Gasteiger partial charge is 0.490 e. The van der Waals surface area contributed by atoms with E-state index >= 15 is 0 Å². The third-order valence-corrected chi connectivity index (χ3v) is 3.01. The number of aromatic nitrogens is 1. The van der Waals surface area contributed by atoms with Crippen LogP contribution in [0.5, 0.6) is 0 Å². The van der Waals surface area contributed by atoms with Gasteiger partial charge in [0.05, 0.1) is 6.20 Å². The van der Waals surface area contributed by atoms with Crippen LogP contribution in [0, 0.1) is 5.92 Å². The SMILES string of the molecule is O=C(O)C(F)(F)F.O=C(O)CC1CCN(c2ncco2)CC1. The minimum atomic E-state index is -5.08. The number of oxazole rings is 1. The van der Waals surface area contributed by atoms with Crippen LogP contribution in [-0.2, 0) is 9.59 Å². The molecule has 0 bridgehead atoms. The van der Waals surface area contributed by atoms with Crippen LogP contribution >= 0.6 is 0 Å². The summed E-state index contributed by atoms with van der Waals surface area (Å²) < 4.78 is 36.9. The van der Waals surface area contributed by atoms with Gasteiger partial charge in [-0.3, -0.25) is 4.79 Å². The molecule has 0 atom stereocenters. The van der Waals surface area contributed by atoms with E-state index in [1.165, 1.54) is 0 Å². The summed E-state index contributed by atoms with van der Waals surface area (Å²) in [5.74, 6) is -3.16. The molecule has 0 spiro atoms. The molecule has 2 rings (SSSR count). The van der Waals surface area contributed by atoms with Crippen molar-refractivity contribution in [2.75, 3.05) is 18.0 Å². The zero-order valence-electron chi connectivity index (χ0n) is 11.4. The molecule has 0 unspecified atom stereocenters. The van der Waals surface area contributed by atoms with Crippen molar-refractivity contribution in [3.8, 4) is 0 Å². The monoisotopic (exact) mass is 324 g/mol. The molecule has 1 aliphatic heterocycles. The van der Waals surface area contributed by atoms with Crippen LogP contribution in [0.2, 0.25) is 0 Å². The lowest BCUT2D eigenvalue weighted by atomic mass is 9.94. The number of carbonyl (C=O) groups is 2. The van der Waals surface area contributed by atoms with Gasteiger partial charge in [0.1, 0.15) is 6.26 Å². The Kier molecular flexibility index (Phi) is 6.20. The number of piperidine rings is 1. The van der Waals surface area contributed by atoms with E-state index in [0.717, 1.165) is 25.9 Å². The Morgan fingerprint density at radius 3 is 2.23 bits per heavy atom. The molecule has 1 saturated heterocycles. The molecule has 0 aliphatic carbocycles. The van der Waals surface area contributed by atoms with Crippen molar-refractivity contribution < 1.29 is 37.4 Å². The molecule has 22 heavy (non-hydrogen) atoms. The molecule has 2 N–H and O–H groups in total. The molecule has 124 valence electrons. The molecule has 0 amide bonds. The van der Waals surface area contributed by atoms with E-state index in [4.69, 9.17) is 19.4 Å². The van der Waals surface area contributed by atoms with Crippen LogP contribution in [-0.4, -0.2) is 46.4 Å². The quantitative estimate of drug-likeness (QED) is 0.876. The van der Waals surface area contributed by atoms with Crippen molar-refractivity contribution in [2.45, 2.75) is 25.4 Å². The average molecular weight is 324 g/mol. The lowest BCUT2D eigenvalue weighted by molar-refractivity contribution is -0.192. The highest BCUT2D eigenvalue weighted by Gasteiger charge is 2.38. The summed E-state index contributed by atoms with van der Waals surface area (Å²) in [5.41, 5.74) is 0. The molecule has 2 heterocycles. The predicted molar refractivity (Wildman–Crippen MR) is 67.4 cm³/mol. The molecule has 0 aromatic carbocycles. The smallest absolute Gasteiger partial charge is 0.481 e. The Morgan fingerprint density at radius 2 is 1.86 bits per heavy atom. The second-order valence-corrected chi connectivity index (χ2v) is 4.65. The van der Waals surface area contributed by atoms with E-state index in [0.29, 0.717) is 11.9 Å². The van der Waals surface area contributed by atoms with Crippen LogP contribution in [0.4, 0.5) is 19.2 Å². The zero-order valence-corrected chi connectivity index (χ0v) is 11.4. The van der Waals surface area contributed by atoms with Gasteiger partial charge in [-0.2, -0.15) is 13.2 Å². The van der Waals surface area contributed by atoms with Gasteiger partial charge in [0.15, 0.2) is 0 Å². The third kappa shape index (κ3) is 6.02. The van der Waals surface area contributed by atoms with E-state index in [9.17, 15) is 18.0 Å². The molecule has 1 fully saturated rings. The van der Waals surface area contributed by atoms with E-state index in [1.54, 1.807) is 12.5 Å². The Balaban J connectivity index is 0.000000295. The summed E-state index contributed by atoms with van der Waals surface area (Å²) in [4.78, 5) is 25.6. The molecular formula is C12H15F3N2O5. The number of nitrogens with zero attached hydrogens (tertiary/aromatic N) is 2. The van der Waals surface area contributed by atoms with Crippen molar-refractivity contribution in [3.63, 3.8) is 0 Å². The number of rotatable bonds is 3. The predicted octanol–water partition coefficient (Wildman–Crippen LogP) is 2.00. The molecular weight excluding hydrogens is 309 g/mol. The normalized spacial score (nSPS) is 15.9. The minimum Gasteiger partial charge on any atom is -0.481 e. The van der Waals surface area contributed by atoms with E-state index in [2.05, 4.69) is 9.88 Å². The first-order chi connectivity index (χ1) is 10.2. The van der Waals surface area contributed by atoms with Gasteiger partial charge in [-0.15, -0.1) is 0 Å². The highest BCUT2D eigenvalue weighted by molar-refractivity contribution is 5.73. The number of hydrogen-bond acceptors (Lipinski definition) is 5. The van der Waals surface area contributed by atoms with Crippen LogP contribution in [0.1, 0.15) is 19.3 Å². The Labute approximate surface area is 123 Å². The van der Waals surface area contributed by atoms with Crippen LogP contribution in [0.25, 0.3) is 0 Å². The molecule has 0 radical (unpaired) electrons. The standard InChI is InChI=1S/C10H14N2O3.C2HF3O2/c13-9(14)7-8-1-4-12(5-2-8)10-11-3-6-15-10;3-2(4,5)1(6)7/h3,6,8H,1-2,4-5,7H2,(H,13,14);(H,6,7). The molecule has 1 aromatic rings. The second kappa shape index (κ2) is 7.66. The van der Waals surface area contributed by atoms with Crippen LogP contribution < -0.4 is 4.90 Å². The topological polar surface area (TPSA) is 104 Å². The van der Waals surface area contributed by atoms with Gasteiger partial charge in [-0.25, -0.2) is 9.78 Å². The van der Waals surface area contributed by atoms with Gasteiger partial charge < -0.3 is 19.5 Å². The van der Waals surface area contributed by atoms with Crippen molar-refractivity contribution in [1.82, 2.24) is 4.98 Å². The maximum Gasteiger partial charge on any atom is 0.490 e. The number of hydrogen-bond donors (Lipinski definition) is 2. The van der Waals surface area contributed by atoms with Crippen molar-refractivity contribution in [1.29, 1.82) is 0 Å². The van der Waals surface area contributed by atoms with Gasteiger partial charge in [-0.1, -0.05) is 0 Å². The minimum absolute atomic E-state index is 0.277. The summed E-state index contributed by atoms with van der Waals surface area (Å²) in [6.45, 7) is 1.66. The molecule has 1 aliphatic rings. The maximum atomic E-state index is 10.6. The van der Waals surface area contributed by atoms with E-state index in [-0.39, 0.29) is 6.42 Å². The summed E-state index contributed by atoms with van der Waals surface area (Å²) >= 11 is 0. The fourth-order valence-corrected chi connectivity index (χ4v) is 1.95. The fraction of sp³-hybridized carbons (Fsp3) is 0.583. The second-order valence-electron chi connectivity index (χ2n) is 4.65. The number of carboxylic acid groups (broad SMARTS) is 2. The van der Waals surface area contributed by atoms with Gasteiger partial charge in [0, 0.05) is 19.5 Å². The Bertz CT molecular complexity index is 481. The molecule has 0 saturated carbocycles. The van der Waals surface area contributed by atoms with Gasteiger partial charge >= 0.3 is 18.1 Å². The lowest BCUT2D eigenvalue weighted by Gasteiger charge is -2.29. The number of anilines is 1. The van der Waals surface area contributed by atoms with Crippen LogP contribution in [0.15, 0.2) is 16.9 Å². The molecule has 10 heteroatoms. The Morgan fingerprint density at radius 1 is 1.32 bits per heavy atom. The maximum absolute atomic E-state index is 10.6. The lowest BCUT2D eigenvalue weighted by Crippen LogP contribution is -2.34. The first-order valence-electron chi connectivity index (χ1n) is 6.36. The zero-order chi connectivity index (χ0) is 16.8. The summed E-state index contributed by atoms with van der Waals surface area (Å²) in [6, 6.07) is 0.642. The highest BCUT2D eigenvalue weighted by atomic mass is 19.4. The molecule has 1 aromatic heterocycles. The molecule has 7 nitrogen and oxygen atoms in total. The number of aliphatic carboxylic acids is 2. The van der Waals surface area contributed by atoms with Crippen molar-refractivity contribution in [2.24, 2.45) is 5.92 Å². The first-order valence-corrected chi connectivity index (χ1v) is 6.36. The summed E-state index contributed by atoms with van der Waals surface area (Å²) in [7, 11) is 0. The van der Waals surface area contributed by atoms with E-state index in [1.807, 2.05) is 0 Å². The van der Waals surface area contributed by atoms with E-state index < -0.39 is 18.1 Å². The van der Waals surface area contributed by atoms with Crippen LogP contribution in [0.3, 0.4) is 0 Å². The number of alkyl halides is 3. The number of halogens is 3. The van der Waals surface area contributed by atoms with Gasteiger partial charge in [0.25, 0.3) is 6.01 Å². The van der Waals surface area contributed by atoms with Gasteiger partial charge in [-0.05, 0) is 18.8 Å². The average Bonchev–Trinajstić information content (AvgIpc) is 2.92. The van der Waals surface area contributed by atoms with Gasteiger partial charge in [0.2, 0.25) is 0 Å². The summed E-state index contributed by atoms with van der Waals surface area (Å²) in [5, 5.41) is 15.8. The van der Waals surface area contributed by atoms with Crippen molar-refractivity contribution >= 4 is 18.0 Å². The first kappa shape index (κ1) is 17.8. The summed E-state index contributed by atoms with van der Waals surface area (Å²) in [6.07, 6.45) is 0.167. The third-order valence-electron chi connectivity index (χ3n) is 3.01. The highest BCUT2D eigenvalue weighted by Crippen LogP contribution is 2.23. The number of carboxylic acids is 2.